The number of imidazole rings is 1. The van der Waals surface area contributed by atoms with E-state index in [1.807, 2.05) is 6.07 Å². The summed E-state index contributed by atoms with van der Waals surface area (Å²) in [7, 11) is 0. The van der Waals surface area contributed by atoms with E-state index in [0.717, 1.165) is 28.3 Å². The standard InChI is InChI=1S/C14H19N3/c1-9-4-2-6-11(9)14-16-12-7-3-5-10(8-15)13(12)17-14/h3,5,7,9,11H,2,4,6,8,15H2,1H3,(H,16,17). The number of fused-ring (bicyclic) bond motifs is 1. The maximum atomic E-state index is 5.75. The molecule has 0 bridgehead atoms. The fourth-order valence-electron chi connectivity index (χ4n) is 3.00. The van der Waals surface area contributed by atoms with E-state index in [2.05, 4.69) is 24.0 Å². The number of rotatable bonds is 2. The number of benzene rings is 1. The highest BCUT2D eigenvalue weighted by Crippen LogP contribution is 2.38. The van der Waals surface area contributed by atoms with Gasteiger partial charge in [-0.1, -0.05) is 25.5 Å². The van der Waals surface area contributed by atoms with Crippen molar-refractivity contribution in [3.63, 3.8) is 0 Å². The molecule has 0 aliphatic heterocycles. The lowest BCUT2D eigenvalue weighted by Crippen LogP contribution is -2.03. The lowest BCUT2D eigenvalue weighted by Gasteiger charge is -2.11. The van der Waals surface area contributed by atoms with Gasteiger partial charge in [0.2, 0.25) is 0 Å². The predicted molar refractivity (Wildman–Crippen MR) is 69.7 cm³/mol. The average molecular weight is 229 g/mol. The van der Waals surface area contributed by atoms with E-state index in [9.17, 15) is 0 Å². The van der Waals surface area contributed by atoms with E-state index in [1.165, 1.54) is 19.3 Å². The van der Waals surface area contributed by atoms with Crippen molar-refractivity contribution in [3.8, 4) is 0 Å². The Labute approximate surface area is 101 Å². The third-order valence-corrected chi connectivity index (χ3v) is 4.05. The molecule has 1 saturated carbocycles. The van der Waals surface area contributed by atoms with Crippen LogP contribution in [0.15, 0.2) is 18.2 Å². The lowest BCUT2D eigenvalue weighted by atomic mass is 9.98. The van der Waals surface area contributed by atoms with Gasteiger partial charge in [-0.15, -0.1) is 0 Å². The van der Waals surface area contributed by atoms with E-state index >= 15 is 0 Å². The minimum absolute atomic E-state index is 0.557. The van der Waals surface area contributed by atoms with Crippen molar-refractivity contribution >= 4 is 11.0 Å². The van der Waals surface area contributed by atoms with Crippen LogP contribution in [0.1, 0.15) is 43.5 Å². The van der Waals surface area contributed by atoms with Gasteiger partial charge in [0.15, 0.2) is 0 Å². The summed E-state index contributed by atoms with van der Waals surface area (Å²) in [4.78, 5) is 8.26. The summed E-state index contributed by atoms with van der Waals surface area (Å²) in [6, 6.07) is 6.19. The number of nitrogens with one attached hydrogen (secondary N) is 1. The fourth-order valence-corrected chi connectivity index (χ4v) is 3.00. The molecule has 3 rings (SSSR count). The molecule has 0 amide bonds. The molecule has 1 aromatic heterocycles. The first kappa shape index (κ1) is 10.8. The number of para-hydroxylation sites is 1. The molecule has 1 fully saturated rings. The second-order valence-electron chi connectivity index (χ2n) is 5.15. The van der Waals surface area contributed by atoms with Crippen LogP contribution in [0.3, 0.4) is 0 Å². The van der Waals surface area contributed by atoms with E-state index in [0.29, 0.717) is 12.5 Å². The second kappa shape index (κ2) is 4.15. The molecule has 3 heteroatoms. The van der Waals surface area contributed by atoms with Gasteiger partial charge >= 0.3 is 0 Å². The normalized spacial score (nSPS) is 24.6. The molecule has 1 aliphatic carbocycles. The Hall–Kier alpha value is -1.35. The van der Waals surface area contributed by atoms with Gasteiger partial charge in [0, 0.05) is 12.5 Å². The Bertz CT molecular complexity index is 529. The maximum Gasteiger partial charge on any atom is 0.110 e. The maximum absolute atomic E-state index is 5.75. The first-order valence-electron chi connectivity index (χ1n) is 6.47. The van der Waals surface area contributed by atoms with Crippen LogP contribution in [0, 0.1) is 5.92 Å². The van der Waals surface area contributed by atoms with Crippen LogP contribution >= 0.6 is 0 Å². The van der Waals surface area contributed by atoms with Gasteiger partial charge in [0.05, 0.1) is 11.0 Å². The Morgan fingerprint density at radius 3 is 3.00 bits per heavy atom. The van der Waals surface area contributed by atoms with E-state index in [1.54, 1.807) is 0 Å². The number of H-pyrrole nitrogens is 1. The number of aromatic amines is 1. The van der Waals surface area contributed by atoms with Gasteiger partial charge in [-0.25, -0.2) is 4.98 Å². The van der Waals surface area contributed by atoms with Crippen molar-refractivity contribution in [1.82, 2.24) is 9.97 Å². The summed E-state index contributed by atoms with van der Waals surface area (Å²) >= 11 is 0. The van der Waals surface area contributed by atoms with E-state index in [4.69, 9.17) is 10.7 Å². The van der Waals surface area contributed by atoms with Crippen molar-refractivity contribution in [2.24, 2.45) is 11.7 Å². The molecule has 1 aromatic carbocycles. The molecule has 0 radical (unpaired) electrons. The monoisotopic (exact) mass is 229 g/mol. The molecule has 3 N–H and O–H groups in total. The first-order chi connectivity index (χ1) is 8.29. The highest BCUT2D eigenvalue weighted by Gasteiger charge is 2.27. The van der Waals surface area contributed by atoms with Crippen LogP contribution in [-0.2, 0) is 6.54 Å². The van der Waals surface area contributed by atoms with Crippen molar-refractivity contribution in [1.29, 1.82) is 0 Å². The largest absolute Gasteiger partial charge is 0.342 e. The zero-order valence-corrected chi connectivity index (χ0v) is 10.2. The van der Waals surface area contributed by atoms with Crippen LogP contribution < -0.4 is 5.73 Å². The van der Waals surface area contributed by atoms with Crippen LogP contribution in [0.4, 0.5) is 0 Å². The molecule has 0 spiro atoms. The summed E-state index contributed by atoms with van der Waals surface area (Å²) in [6.07, 6.45) is 3.91. The minimum atomic E-state index is 0.557. The molecule has 2 unspecified atom stereocenters. The number of aromatic nitrogens is 2. The van der Waals surface area contributed by atoms with Crippen molar-refractivity contribution in [3.05, 3.63) is 29.6 Å². The van der Waals surface area contributed by atoms with Gasteiger partial charge in [0.1, 0.15) is 5.82 Å². The van der Waals surface area contributed by atoms with Crippen LogP contribution in [0.5, 0.6) is 0 Å². The first-order valence-corrected chi connectivity index (χ1v) is 6.47. The van der Waals surface area contributed by atoms with Crippen LogP contribution in [0.25, 0.3) is 11.0 Å². The van der Waals surface area contributed by atoms with Crippen molar-refractivity contribution < 1.29 is 0 Å². The molecule has 2 aromatic rings. The average Bonchev–Trinajstić information content (AvgIpc) is 2.93. The fraction of sp³-hybridized carbons (Fsp3) is 0.500. The third-order valence-electron chi connectivity index (χ3n) is 4.05. The predicted octanol–water partition coefficient (Wildman–Crippen LogP) is 2.93. The van der Waals surface area contributed by atoms with E-state index < -0.39 is 0 Å². The molecular formula is C14H19N3. The van der Waals surface area contributed by atoms with Crippen molar-refractivity contribution in [2.75, 3.05) is 0 Å². The Morgan fingerprint density at radius 2 is 2.29 bits per heavy atom. The summed E-state index contributed by atoms with van der Waals surface area (Å²) in [6.45, 7) is 2.89. The molecular weight excluding hydrogens is 210 g/mol. The lowest BCUT2D eigenvalue weighted by molar-refractivity contribution is 0.514. The van der Waals surface area contributed by atoms with Crippen LogP contribution in [-0.4, -0.2) is 9.97 Å². The molecule has 2 atom stereocenters. The smallest absolute Gasteiger partial charge is 0.110 e. The van der Waals surface area contributed by atoms with Gasteiger partial charge in [0.25, 0.3) is 0 Å². The SMILES string of the molecule is CC1CCCC1c1nc2c(CN)cccc2[nH]1. The third kappa shape index (κ3) is 1.75. The molecule has 1 aliphatic rings. The van der Waals surface area contributed by atoms with E-state index in [-0.39, 0.29) is 0 Å². The molecule has 1 heterocycles. The van der Waals surface area contributed by atoms with Crippen LogP contribution in [0.2, 0.25) is 0 Å². The quantitative estimate of drug-likeness (QED) is 0.832. The highest BCUT2D eigenvalue weighted by molar-refractivity contribution is 5.78. The number of nitrogens with two attached hydrogens (primary N) is 1. The Balaban J connectivity index is 2.07. The molecule has 17 heavy (non-hydrogen) atoms. The molecule has 90 valence electrons. The number of nitrogens with zero attached hydrogens (tertiary/aromatic N) is 1. The van der Waals surface area contributed by atoms with Gasteiger partial charge < -0.3 is 10.7 Å². The molecule has 3 nitrogen and oxygen atoms in total. The topological polar surface area (TPSA) is 54.7 Å². The Morgan fingerprint density at radius 1 is 1.41 bits per heavy atom. The number of hydrogen-bond donors (Lipinski definition) is 2. The summed E-state index contributed by atoms with van der Waals surface area (Å²) in [5.41, 5.74) is 9.07. The van der Waals surface area contributed by atoms with Crippen molar-refractivity contribution in [2.45, 2.75) is 38.6 Å². The summed E-state index contributed by atoms with van der Waals surface area (Å²) in [5, 5.41) is 0. The molecule has 0 saturated heterocycles. The van der Waals surface area contributed by atoms with Gasteiger partial charge in [-0.2, -0.15) is 0 Å². The van der Waals surface area contributed by atoms with Gasteiger partial charge in [-0.3, -0.25) is 0 Å². The number of hydrogen-bond acceptors (Lipinski definition) is 2. The van der Waals surface area contributed by atoms with Gasteiger partial charge in [-0.05, 0) is 30.4 Å². The minimum Gasteiger partial charge on any atom is -0.342 e. The summed E-state index contributed by atoms with van der Waals surface area (Å²) in [5.74, 6) is 2.51. The second-order valence-corrected chi connectivity index (χ2v) is 5.15. The Kier molecular flexibility index (Phi) is 2.63. The summed E-state index contributed by atoms with van der Waals surface area (Å²) < 4.78 is 0. The zero-order chi connectivity index (χ0) is 11.8. The highest BCUT2D eigenvalue weighted by atomic mass is 14.9. The zero-order valence-electron chi connectivity index (χ0n) is 10.2.